The van der Waals surface area contributed by atoms with Gasteiger partial charge in [-0.1, -0.05) is 48.5 Å². The number of carbonyl (C=O) groups excluding carboxylic acids is 3. The predicted octanol–water partition coefficient (Wildman–Crippen LogP) is 1.15. The molecule has 31 heavy (non-hydrogen) atoms. The van der Waals surface area contributed by atoms with Crippen LogP contribution in [0.25, 0.3) is 11.1 Å². The van der Waals surface area contributed by atoms with E-state index in [4.69, 9.17) is 10.5 Å². The molecule has 8 nitrogen and oxygen atoms in total. The van der Waals surface area contributed by atoms with Gasteiger partial charge >= 0.3 is 6.09 Å². The molecular weight excluding hydrogens is 396 g/mol. The van der Waals surface area contributed by atoms with Crippen molar-refractivity contribution in [1.29, 1.82) is 0 Å². The van der Waals surface area contributed by atoms with Gasteiger partial charge in [-0.3, -0.25) is 9.59 Å². The van der Waals surface area contributed by atoms with Crippen LogP contribution in [0.1, 0.15) is 17.0 Å². The molecule has 2 aliphatic rings. The van der Waals surface area contributed by atoms with Crippen molar-refractivity contribution in [3.8, 4) is 11.1 Å². The summed E-state index contributed by atoms with van der Waals surface area (Å²) >= 11 is 0. The molecule has 4 rings (SSSR count). The molecule has 0 unspecified atom stereocenters. The van der Waals surface area contributed by atoms with Crippen LogP contribution >= 0.6 is 0 Å². The zero-order valence-electron chi connectivity index (χ0n) is 17.3. The lowest BCUT2D eigenvalue weighted by molar-refractivity contribution is -0.138. The molecular formula is C23H26N4O4. The van der Waals surface area contributed by atoms with E-state index in [0.717, 1.165) is 22.3 Å². The van der Waals surface area contributed by atoms with E-state index in [1.165, 1.54) is 0 Å². The SMILES string of the molecule is NCC(=O)N1CCN(C(=O)CNC(=O)OCC2c3ccccc3-c3ccccc32)CC1. The number of nitrogens with zero attached hydrogens (tertiary/aromatic N) is 2. The third kappa shape index (κ3) is 4.39. The maximum atomic E-state index is 12.4. The second-order valence-electron chi connectivity index (χ2n) is 7.64. The molecule has 0 spiro atoms. The van der Waals surface area contributed by atoms with Crippen molar-refractivity contribution in [2.24, 2.45) is 5.73 Å². The van der Waals surface area contributed by atoms with E-state index in [2.05, 4.69) is 29.6 Å². The average molecular weight is 422 g/mol. The van der Waals surface area contributed by atoms with E-state index in [1.54, 1.807) is 9.80 Å². The van der Waals surface area contributed by atoms with Crippen molar-refractivity contribution >= 4 is 17.9 Å². The lowest BCUT2D eigenvalue weighted by Gasteiger charge is -2.34. The lowest BCUT2D eigenvalue weighted by Crippen LogP contribution is -2.53. The number of fused-ring (bicyclic) bond motifs is 3. The number of alkyl carbamates (subject to hydrolysis) is 1. The number of rotatable bonds is 5. The first-order valence-electron chi connectivity index (χ1n) is 10.4. The van der Waals surface area contributed by atoms with Crippen LogP contribution in [0.3, 0.4) is 0 Å². The number of amides is 3. The zero-order chi connectivity index (χ0) is 21.8. The van der Waals surface area contributed by atoms with Gasteiger partial charge in [-0.2, -0.15) is 0 Å². The summed E-state index contributed by atoms with van der Waals surface area (Å²) in [4.78, 5) is 39.5. The maximum absolute atomic E-state index is 12.4. The Balaban J connectivity index is 1.27. The van der Waals surface area contributed by atoms with E-state index in [-0.39, 0.29) is 37.4 Å². The Hall–Kier alpha value is -3.39. The van der Waals surface area contributed by atoms with Crippen LogP contribution in [0.2, 0.25) is 0 Å². The Morgan fingerprint density at radius 1 is 0.871 bits per heavy atom. The molecule has 2 aromatic carbocycles. The predicted molar refractivity (Wildman–Crippen MR) is 115 cm³/mol. The number of ether oxygens (including phenoxy) is 1. The number of hydrogen-bond acceptors (Lipinski definition) is 5. The van der Waals surface area contributed by atoms with Gasteiger partial charge in [0.1, 0.15) is 13.2 Å². The second-order valence-corrected chi connectivity index (χ2v) is 7.64. The van der Waals surface area contributed by atoms with Gasteiger partial charge in [0.15, 0.2) is 0 Å². The van der Waals surface area contributed by atoms with Crippen LogP contribution in [0.5, 0.6) is 0 Å². The van der Waals surface area contributed by atoms with Crippen molar-refractivity contribution in [3.63, 3.8) is 0 Å². The fourth-order valence-corrected chi connectivity index (χ4v) is 4.24. The highest BCUT2D eigenvalue weighted by Gasteiger charge is 2.29. The molecule has 1 fully saturated rings. The number of benzene rings is 2. The van der Waals surface area contributed by atoms with E-state index in [9.17, 15) is 14.4 Å². The number of nitrogens with one attached hydrogen (secondary N) is 1. The van der Waals surface area contributed by atoms with Crippen LogP contribution in [-0.4, -0.2) is 73.6 Å². The van der Waals surface area contributed by atoms with Gasteiger partial charge in [0, 0.05) is 32.1 Å². The van der Waals surface area contributed by atoms with Crippen molar-refractivity contribution < 1.29 is 19.1 Å². The minimum absolute atomic E-state index is 0.0259. The van der Waals surface area contributed by atoms with Gasteiger partial charge in [0.25, 0.3) is 0 Å². The number of carbonyl (C=O) groups is 3. The molecule has 2 aromatic rings. The molecule has 8 heteroatoms. The zero-order valence-corrected chi connectivity index (χ0v) is 17.3. The summed E-state index contributed by atoms with van der Waals surface area (Å²) < 4.78 is 5.45. The van der Waals surface area contributed by atoms with Gasteiger partial charge in [-0.25, -0.2) is 4.79 Å². The molecule has 3 amide bonds. The first-order chi connectivity index (χ1) is 15.1. The Morgan fingerprint density at radius 2 is 1.39 bits per heavy atom. The van der Waals surface area contributed by atoms with E-state index in [0.29, 0.717) is 26.2 Å². The summed E-state index contributed by atoms with van der Waals surface area (Å²) in [5.41, 5.74) is 9.97. The highest BCUT2D eigenvalue weighted by Crippen LogP contribution is 2.44. The van der Waals surface area contributed by atoms with Crippen LogP contribution in [0.4, 0.5) is 4.79 Å². The molecule has 1 heterocycles. The van der Waals surface area contributed by atoms with Gasteiger partial charge in [-0.05, 0) is 22.3 Å². The van der Waals surface area contributed by atoms with E-state index in [1.807, 2.05) is 24.3 Å². The highest BCUT2D eigenvalue weighted by atomic mass is 16.5. The van der Waals surface area contributed by atoms with Gasteiger partial charge in [-0.15, -0.1) is 0 Å². The molecule has 162 valence electrons. The molecule has 1 saturated heterocycles. The Morgan fingerprint density at radius 3 is 1.94 bits per heavy atom. The maximum Gasteiger partial charge on any atom is 0.407 e. The molecule has 0 radical (unpaired) electrons. The average Bonchev–Trinajstić information content (AvgIpc) is 3.14. The topological polar surface area (TPSA) is 105 Å². The standard InChI is InChI=1S/C23H26N4O4/c24-13-21(28)26-9-11-27(12-10-26)22(29)14-25-23(30)31-15-20-18-7-3-1-5-16(18)17-6-2-4-8-19(17)20/h1-8,20H,9-15,24H2,(H,25,30). The Labute approximate surface area is 180 Å². The molecule has 0 saturated carbocycles. The van der Waals surface area contributed by atoms with E-state index < -0.39 is 6.09 Å². The van der Waals surface area contributed by atoms with Crippen molar-refractivity contribution in [3.05, 3.63) is 59.7 Å². The summed E-state index contributed by atoms with van der Waals surface area (Å²) in [5, 5.41) is 2.54. The number of piperazine rings is 1. The molecule has 1 aliphatic carbocycles. The third-order valence-corrected chi connectivity index (χ3v) is 5.89. The molecule has 0 atom stereocenters. The summed E-state index contributed by atoms with van der Waals surface area (Å²) in [6.07, 6.45) is -0.618. The van der Waals surface area contributed by atoms with Crippen molar-refractivity contribution in [2.45, 2.75) is 5.92 Å². The fraction of sp³-hybridized carbons (Fsp3) is 0.348. The normalized spacial score (nSPS) is 15.3. The van der Waals surface area contributed by atoms with Gasteiger partial charge in [0.2, 0.25) is 11.8 Å². The lowest BCUT2D eigenvalue weighted by atomic mass is 9.98. The Bertz CT molecular complexity index is 940. The number of nitrogens with two attached hydrogens (primary N) is 1. The fourth-order valence-electron chi connectivity index (χ4n) is 4.24. The summed E-state index contributed by atoms with van der Waals surface area (Å²) in [6.45, 7) is 1.79. The minimum Gasteiger partial charge on any atom is -0.449 e. The minimum atomic E-state index is -0.618. The molecule has 1 aliphatic heterocycles. The second kappa shape index (κ2) is 9.18. The smallest absolute Gasteiger partial charge is 0.407 e. The molecule has 3 N–H and O–H groups in total. The third-order valence-electron chi connectivity index (χ3n) is 5.89. The monoisotopic (exact) mass is 422 g/mol. The first-order valence-corrected chi connectivity index (χ1v) is 10.4. The van der Waals surface area contributed by atoms with Crippen molar-refractivity contribution in [1.82, 2.24) is 15.1 Å². The number of hydrogen-bond donors (Lipinski definition) is 2. The van der Waals surface area contributed by atoms with Crippen LogP contribution in [0, 0.1) is 0 Å². The highest BCUT2D eigenvalue weighted by molar-refractivity contribution is 5.83. The van der Waals surface area contributed by atoms with Crippen LogP contribution < -0.4 is 11.1 Å². The van der Waals surface area contributed by atoms with Crippen LogP contribution in [0.15, 0.2) is 48.5 Å². The first kappa shape index (κ1) is 20.9. The summed E-state index contributed by atoms with van der Waals surface area (Å²) in [5.74, 6) is -0.348. The van der Waals surface area contributed by atoms with Crippen molar-refractivity contribution in [2.75, 3.05) is 45.9 Å². The molecule has 0 bridgehead atoms. The quantitative estimate of drug-likeness (QED) is 0.752. The van der Waals surface area contributed by atoms with E-state index >= 15 is 0 Å². The Kier molecular flexibility index (Phi) is 6.18. The summed E-state index contributed by atoms with van der Waals surface area (Å²) in [7, 11) is 0. The largest absolute Gasteiger partial charge is 0.449 e. The summed E-state index contributed by atoms with van der Waals surface area (Å²) in [6, 6.07) is 16.2. The van der Waals surface area contributed by atoms with Crippen LogP contribution in [-0.2, 0) is 14.3 Å². The van der Waals surface area contributed by atoms with Gasteiger partial charge < -0.3 is 25.6 Å². The van der Waals surface area contributed by atoms with Gasteiger partial charge in [0.05, 0.1) is 6.54 Å². The molecule has 0 aromatic heterocycles.